The highest BCUT2D eigenvalue weighted by Gasteiger charge is 2.34. The number of hydrogen-bond donors (Lipinski definition) is 1. The summed E-state index contributed by atoms with van der Waals surface area (Å²) >= 11 is 3.39. The van der Waals surface area contributed by atoms with Crippen LogP contribution in [-0.2, 0) is 4.74 Å². The lowest BCUT2D eigenvalue weighted by Crippen LogP contribution is -2.10. The Morgan fingerprint density at radius 1 is 1.60 bits per heavy atom. The molecular weight excluding hydrogens is 258 g/mol. The summed E-state index contributed by atoms with van der Waals surface area (Å²) in [6.07, 6.45) is 4.24. The summed E-state index contributed by atoms with van der Waals surface area (Å²) in [5.74, 6) is 2.18. The topological polar surface area (TPSA) is 47.0 Å². The molecule has 0 saturated heterocycles. The number of anilines is 1. The number of aromatic nitrogens is 2. The summed E-state index contributed by atoms with van der Waals surface area (Å²) in [6, 6.07) is 0. The third-order valence-electron chi connectivity index (χ3n) is 2.56. The van der Waals surface area contributed by atoms with Crippen molar-refractivity contribution in [2.75, 3.05) is 19.5 Å². The van der Waals surface area contributed by atoms with Crippen molar-refractivity contribution in [3.8, 4) is 0 Å². The monoisotopic (exact) mass is 271 g/mol. The molecule has 4 nitrogen and oxygen atoms in total. The smallest absolute Gasteiger partial charge is 0.159 e. The zero-order chi connectivity index (χ0) is 10.8. The molecule has 5 heteroatoms. The zero-order valence-corrected chi connectivity index (χ0v) is 10.4. The standard InChI is InChI=1S/C10H14BrN3O/c1-12-9-7(11)5-13-10(14-9)8(15-2)6-3-4-6/h5-6,8H,3-4H2,1-2H3,(H,12,13,14). The van der Waals surface area contributed by atoms with E-state index in [0.29, 0.717) is 5.92 Å². The summed E-state index contributed by atoms with van der Waals surface area (Å²) in [5.41, 5.74) is 0. The molecule has 0 radical (unpaired) electrons. The number of nitrogens with zero attached hydrogens (tertiary/aromatic N) is 2. The van der Waals surface area contributed by atoms with Gasteiger partial charge in [0.2, 0.25) is 0 Å². The van der Waals surface area contributed by atoms with Crippen molar-refractivity contribution in [3.05, 3.63) is 16.5 Å². The highest BCUT2D eigenvalue weighted by atomic mass is 79.9. The van der Waals surface area contributed by atoms with E-state index in [0.717, 1.165) is 16.1 Å². The fourth-order valence-corrected chi connectivity index (χ4v) is 1.99. The van der Waals surface area contributed by atoms with Crippen LogP contribution in [0.5, 0.6) is 0 Å². The molecule has 1 unspecified atom stereocenters. The van der Waals surface area contributed by atoms with E-state index < -0.39 is 0 Å². The van der Waals surface area contributed by atoms with Gasteiger partial charge < -0.3 is 10.1 Å². The van der Waals surface area contributed by atoms with Crippen LogP contribution < -0.4 is 5.32 Å². The minimum absolute atomic E-state index is 0.0465. The number of rotatable bonds is 4. The SMILES string of the molecule is CNc1nc(C(OC)C2CC2)ncc1Br. The van der Waals surface area contributed by atoms with Crippen molar-refractivity contribution in [2.24, 2.45) is 5.92 Å². The van der Waals surface area contributed by atoms with Crippen LogP contribution in [0.1, 0.15) is 24.8 Å². The van der Waals surface area contributed by atoms with Crippen molar-refractivity contribution < 1.29 is 4.74 Å². The lowest BCUT2D eigenvalue weighted by atomic mass is 10.2. The van der Waals surface area contributed by atoms with Crippen LogP contribution in [0.15, 0.2) is 10.7 Å². The molecule has 1 fully saturated rings. The van der Waals surface area contributed by atoms with Crippen LogP contribution >= 0.6 is 15.9 Å². The Hall–Kier alpha value is -0.680. The predicted octanol–water partition coefficient (Wildman–Crippen LogP) is 2.38. The van der Waals surface area contributed by atoms with Crippen molar-refractivity contribution in [2.45, 2.75) is 18.9 Å². The van der Waals surface area contributed by atoms with Crippen LogP contribution in [-0.4, -0.2) is 24.1 Å². The van der Waals surface area contributed by atoms with Gasteiger partial charge in [-0.3, -0.25) is 0 Å². The Morgan fingerprint density at radius 3 is 2.87 bits per heavy atom. The van der Waals surface area contributed by atoms with E-state index in [-0.39, 0.29) is 6.10 Å². The Morgan fingerprint density at radius 2 is 2.33 bits per heavy atom. The average Bonchev–Trinajstić information content (AvgIpc) is 3.06. The molecule has 0 bridgehead atoms. The quantitative estimate of drug-likeness (QED) is 0.914. The Labute approximate surface area is 97.6 Å². The summed E-state index contributed by atoms with van der Waals surface area (Å²) in [7, 11) is 3.56. The Balaban J connectivity index is 2.26. The fourth-order valence-electron chi connectivity index (χ4n) is 1.60. The van der Waals surface area contributed by atoms with E-state index in [1.54, 1.807) is 13.3 Å². The molecule has 1 aromatic rings. The second kappa shape index (κ2) is 4.45. The average molecular weight is 272 g/mol. The summed E-state index contributed by atoms with van der Waals surface area (Å²) in [5, 5.41) is 3.02. The molecule has 2 rings (SSSR count). The van der Waals surface area contributed by atoms with E-state index in [4.69, 9.17) is 4.74 Å². The first-order valence-corrected chi connectivity index (χ1v) is 5.78. The number of halogens is 1. The highest BCUT2D eigenvalue weighted by molar-refractivity contribution is 9.10. The molecule has 1 N–H and O–H groups in total. The van der Waals surface area contributed by atoms with Gasteiger partial charge in [-0.15, -0.1) is 0 Å². The molecule has 15 heavy (non-hydrogen) atoms. The molecule has 1 aliphatic rings. The van der Waals surface area contributed by atoms with Gasteiger partial charge in [-0.1, -0.05) is 0 Å². The second-order valence-electron chi connectivity index (χ2n) is 3.67. The Bertz CT molecular complexity index is 355. The van der Waals surface area contributed by atoms with Crippen LogP contribution in [0.2, 0.25) is 0 Å². The summed E-state index contributed by atoms with van der Waals surface area (Å²) < 4.78 is 6.31. The van der Waals surface area contributed by atoms with E-state index in [2.05, 4.69) is 31.2 Å². The van der Waals surface area contributed by atoms with Gasteiger partial charge in [0.25, 0.3) is 0 Å². The lowest BCUT2D eigenvalue weighted by Gasteiger charge is -2.14. The molecule has 1 saturated carbocycles. The van der Waals surface area contributed by atoms with E-state index in [9.17, 15) is 0 Å². The number of hydrogen-bond acceptors (Lipinski definition) is 4. The molecule has 0 amide bonds. The van der Waals surface area contributed by atoms with Gasteiger partial charge in [0.1, 0.15) is 11.9 Å². The first-order valence-electron chi connectivity index (χ1n) is 4.99. The van der Waals surface area contributed by atoms with Crippen molar-refractivity contribution in [1.82, 2.24) is 9.97 Å². The molecular formula is C10H14BrN3O. The number of methoxy groups -OCH3 is 1. The molecule has 1 heterocycles. The van der Waals surface area contributed by atoms with Gasteiger partial charge in [0, 0.05) is 20.4 Å². The van der Waals surface area contributed by atoms with Gasteiger partial charge in [0.15, 0.2) is 5.82 Å². The minimum atomic E-state index is 0.0465. The van der Waals surface area contributed by atoms with Gasteiger partial charge in [-0.25, -0.2) is 9.97 Å². The van der Waals surface area contributed by atoms with Crippen molar-refractivity contribution in [3.63, 3.8) is 0 Å². The third kappa shape index (κ3) is 2.29. The van der Waals surface area contributed by atoms with Crippen molar-refractivity contribution >= 4 is 21.7 Å². The molecule has 0 spiro atoms. The molecule has 0 aromatic carbocycles. The van der Waals surface area contributed by atoms with Crippen LogP contribution in [0, 0.1) is 5.92 Å². The minimum Gasteiger partial charge on any atom is -0.373 e. The van der Waals surface area contributed by atoms with Crippen LogP contribution in [0.4, 0.5) is 5.82 Å². The van der Waals surface area contributed by atoms with Gasteiger partial charge in [0.05, 0.1) is 4.47 Å². The first kappa shape index (κ1) is 10.8. The maximum absolute atomic E-state index is 5.43. The van der Waals surface area contributed by atoms with Gasteiger partial charge >= 0.3 is 0 Å². The van der Waals surface area contributed by atoms with Crippen molar-refractivity contribution in [1.29, 1.82) is 0 Å². The number of ether oxygens (including phenoxy) is 1. The molecule has 1 aliphatic carbocycles. The maximum atomic E-state index is 5.43. The molecule has 1 atom stereocenters. The first-order chi connectivity index (χ1) is 7.26. The second-order valence-corrected chi connectivity index (χ2v) is 4.52. The summed E-state index contributed by atoms with van der Waals surface area (Å²) in [4.78, 5) is 8.73. The molecule has 1 aromatic heterocycles. The molecule has 0 aliphatic heterocycles. The van der Waals surface area contributed by atoms with E-state index in [1.165, 1.54) is 12.8 Å². The van der Waals surface area contributed by atoms with E-state index in [1.807, 2.05) is 7.05 Å². The predicted molar refractivity (Wildman–Crippen MR) is 61.8 cm³/mol. The highest BCUT2D eigenvalue weighted by Crippen LogP contribution is 2.42. The maximum Gasteiger partial charge on any atom is 0.159 e. The van der Waals surface area contributed by atoms with Crippen LogP contribution in [0.3, 0.4) is 0 Å². The summed E-state index contributed by atoms with van der Waals surface area (Å²) in [6.45, 7) is 0. The fraction of sp³-hybridized carbons (Fsp3) is 0.600. The van der Waals surface area contributed by atoms with Crippen LogP contribution in [0.25, 0.3) is 0 Å². The van der Waals surface area contributed by atoms with E-state index >= 15 is 0 Å². The van der Waals surface area contributed by atoms with Gasteiger partial charge in [-0.2, -0.15) is 0 Å². The molecule has 82 valence electrons. The zero-order valence-electron chi connectivity index (χ0n) is 8.83. The number of nitrogens with one attached hydrogen (secondary N) is 1. The normalized spacial score (nSPS) is 17.5. The lowest BCUT2D eigenvalue weighted by molar-refractivity contribution is 0.0773. The Kier molecular flexibility index (Phi) is 3.21. The van der Waals surface area contributed by atoms with Gasteiger partial charge in [-0.05, 0) is 34.7 Å². The third-order valence-corrected chi connectivity index (χ3v) is 3.14. The largest absolute Gasteiger partial charge is 0.373 e.